The van der Waals surface area contributed by atoms with Gasteiger partial charge in [0, 0.05) is 12.1 Å². The highest BCUT2D eigenvalue weighted by molar-refractivity contribution is 7.99. The van der Waals surface area contributed by atoms with E-state index in [9.17, 15) is 0 Å². The van der Waals surface area contributed by atoms with Crippen LogP contribution in [0.5, 0.6) is 0 Å². The van der Waals surface area contributed by atoms with E-state index in [2.05, 4.69) is 118 Å². The van der Waals surface area contributed by atoms with Crippen molar-refractivity contribution in [1.29, 1.82) is 0 Å². The molecule has 2 aromatic heterocycles. The lowest BCUT2D eigenvalue weighted by molar-refractivity contribution is -0.733. The normalized spacial score (nSPS) is 18.1. The summed E-state index contributed by atoms with van der Waals surface area (Å²) in [5.41, 5.74) is 8.86. The summed E-state index contributed by atoms with van der Waals surface area (Å²) in [5.74, 6) is 1.31. The zero-order chi connectivity index (χ0) is 22.2. The van der Waals surface area contributed by atoms with Gasteiger partial charge in [-0.25, -0.2) is 4.57 Å². The van der Waals surface area contributed by atoms with E-state index in [4.69, 9.17) is 0 Å². The number of fused-ring (bicyclic) bond motifs is 9. The second-order valence-corrected chi connectivity index (χ2v) is 10.6. The Morgan fingerprint density at radius 1 is 0.824 bits per heavy atom. The van der Waals surface area contributed by atoms with Gasteiger partial charge in [-0.3, -0.25) is 0 Å². The summed E-state index contributed by atoms with van der Waals surface area (Å²) in [6.45, 7) is 0. The Bertz CT molecular complexity index is 1870. The van der Waals surface area contributed by atoms with E-state index in [-0.39, 0.29) is 0 Å². The molecule has 0 saturated heterocycles. The summed E-state index contributed by atoms with van der Waals surface area (Å²) >= 11 is 1.91. The van der Waals surface area contributed by atoms with E-state index in [0.29, 0.717) is 0 Å². The Kier molecular flexibility index (Phi) is 2.89. The number of para-hydroxylation sites is 1. The van der Waals surface area contributed by atoms with Crippen LogP contribution in [0, 0.1) is 0 Å². The van der Waals surface area contributed by atoms with Gasteiger partial charge in [-0.2, -0.15) is 9.13 Å². The third kappa shape index (κ3) is 1.67. The molecule has 4 heteroatoms. The van der Waals surface area contributed by atoms with Crippen molar-refractivity contribution in [3.8, 4) is 16.9 Å². The highest BCUT2D eigenvalue weighted by Gasteiger charge is 2.68. The number of nitrogens with zero attached hydrogens (tertiary/aromatic N) is 3. The minimum atomic E-state index is -0.436. The van der Waals surface area contributed by atoms with Crippen LogP contribution >= 0.6 is 11.8 Å². The number of aromatic nitrogens is 3. The number of hydrogen-bond acceptors (Lipinski definition) is 1. The molecule has 3 nitrogen and oxygen atoms in total. The van der Waals surface area contributed by atoms with Gasteiger partial charge in [-0.05, 0) is 41.1 Å². The van der Waals surface area contributed by atoms with E-state index in [0.717, 1.165) is 0 Å². The number of rotatable bonds is 0. The Morgan fingerprint density at radius 2 is 1.68 bits per heavy atom. The van der Waals surface area contributed by atoms with Gasteiger partial charge < -0.3 is 0 Å². The first-order valence-corrected chi connectivity index (χ1v) is 12.5. The van der Waals surface area contributed by atoms with Gasteiger partial charge in [-0.1, -0.05) is 60.3 Å². The molecule has 1 unspecified atom stereocenters. The van der Waals surface area contributed by atoms with Crippen molar-refractivity contribution < 1.29 is 9.13 Å². The smallest absolute Gasteiger partial charge is 0.223 e. The van der Waals surface area contributed by atoms with Crippen LogP contribution in [0.1, 0.15) is 17.0 Å². The summed E-state index contributed by atoms with van der Waals surface area (Å²) in [7, 11) is 2.24. The van der Waals surface area contributed by atoms with E-state index in [1.165, 1.54) is 65.5 Å². The molecule has 9 rings (SSSR count). The molecule has 3 aliphatic rings. The molecular formula is C30H19N3S+2. The van der Waals surface area contributed by atoms with Gasteiger partial charge in [0.15, 0.2) is 22.9 Å². The second kappa shape index (κ2) is 5.60. The summed E-state index contributed by atoms with van der Waals surface area (Å²) in [6.07, 6.45) is 2.28. The monoisotopic (exact) mass is 453 g/mol. The van der Waals surface area contributed by atoms with Crippen molar-refractivity contribution in [1.82, 2.24) is 4.57 Å². The van der Waals surface area contributed by atoms with Crippen LogP contribution in [0.4, 0.5) is 0 Å². The van der Waals surface area contributed by atoms with Gasteiger partial charge >= 0.3 is 11.4 Å². The summed E-state index contributed by atoms with van der Waals surface area (Å²) in [5, 5.41) is 2.63. The molecule has 0 N–H and O–H groups in total. The molecule has 0 bridgehead atoms. The minimum Gasteiger partial charge on any atom is -0.223 e. The number of aryl methyl sites for hydroxylation is 1. The number of benzene rings is 4. The Hall–Kier alpha value is -3.89. The van der Waals surface area contributed by atoms with Crippen molar-refractivity contribution in [2.75, 3.05) is 0 Å². The summed E-state index contributed by atoms with van der Waals surface area (Å²) < 4.78 is 7.54. The fraction of sp³-hybridized carbons (Fsp3) is 0.0667. The maximum absolute atomic E-state index is 2.57. The first-order valence-electron chi connectivity index (χ1n) is 11.7. The van der Waals surface area contributed by atoms with Crippen molar-refractivity contribution in [2.24, 2.45) is 7.05 Å². The van der Waals surface area contributed by atoms with Crippen LogP contribution in [0.25, 0.3) is 38.8 Å². The molecule has 1 atom stereocenters. The van der Waals surface area contributed by atoms with Gasteiger partial charge in [0.25, 0.3) is 0 Å². The topological polar surface area (TPSA) is 12.7 Å². The molecular weight excluding hydrogens is 434 g/mol. The zero-order valence-corrected chi connectivity index (χ0v) is 19.3. The predicted octanol–water partition coefficient (Wildman–Crippen LogP) is 5.49. The molecule has 0 radical (unpaired) electrons. The van der Waals surface area contributed by atoms with Gasteiger partial charge in [0.2, 0.25) is 5.69 Å². The standard InChI is InChI=1S/C30H19N3S/c1-31-23-14-8-15-24-27(23)33-28-25(34-24)17-18-9-2-3-10-19(18)26(28)30(29(31)33)21-12-5-4-11-20(21)22-13-6-7-16-32(22)30/h2-17H,1H3/q+2. The summed E-state index contributed by atoms with van der Waals surface area (Å²) in [6, 6.07) is 33.6. The van der Waals surface area contributed by atoms with Gasteiger partial charge in [0.05, 0.1) is 33.5 Å². The Labute approximate surface area is 200 Å². The average Bonchev–Trinajstić information content (AvgIpc) is 3.47. The minimum absolute atomic E-state index is 0.436. The first-order chi connectivity index (χ1) is 16.8. The molecule has 158 valence electrons. The number of imidazole rings is 1. The SMILES string of the molecule is Cn1c2[n+]3c4c(cccc41)Sc1cc4ccccc4c(c1-3)C21c2ccccc2-c2cccc[n+]21. The van der Waals surface area contributed by atoms with Crippen molar-refractivity contribution >= 4 is 33.6 Å². The van der Waals surface area contributed by atoms with Crippen molar-refractivity contribution in [3.05, 3.63) is 114 Å². The highest BCUT2D eigenvalue weighted by atomic mass is 32.2. The number of hydrogen-bond donors (Lipinski definition) is 0. The molecule has 0 amide bonds. The van der Waals surface area contributed by atoms with Gasteiger partial charge in [0.1, 0.15) is 0 Å². The van der Waals surface area contributed by atoms with Crippen LogP contribution in [0.2, 0.25) is 0 Å². The molecule has 0 fully saturated rings. The molecule has 34 heavy (non-hydrogen) atoms. The summed E-state index contributed by atoms with van der Waals surface area (Å²) in [4.78, 5) is 2.67. The lowest BCUT2D eigenvalue weighted by atomic mass is 9.80. The quantitative estimate of drug-likeness (QED) is 0.277. The van der Waals surface area contributed by atoms with Crippen LogP contribution in [0.15, 0.2) is 107 Å². The molecule has 0 saturated carbocycles. The average molecular weight is 454 g/mol. The Morgan fingerprint density at radius 3 is 2.65 bits per heavy atom. The maximum atomic E-state index is 2.57. The van der Waals surface area contributed by atoms with Crippen molar-refractivity contribution in [2.45, 2.75) is 15.3 Å². The molecule has 1 spiro atoms. The predicted molar refractivity (Wildman–Crippen MR) is 133 cm³/mol. The molecule has 4 aromatic carbocycles. The van der Waals surface area contributed by atoms with E-state index in [1.54, 1.807) is 0 Å². The van der Waals surface area contributed by atoms with Crippen LogP contribution in [-0.2, 0) is 12.6 Å². The zero-order valence-electron chi connectivity index (χ0n) is 18.5. The van der Waals surface area contributed by atoms with E-state index < -0.39 is 5.54 Å². The fourth-order valence-corrected chi connectivity index (χ4v) is 8.03. The lowest BCUT2D eigenvalue weighted by Gasteiger charge is -2.21. The van der Waals surface area contributed by atoms with Crippen LogP contribution in [-0.4, -0.2) is 4.57 Å². The van der Waals surface area contributed by atoms with Gasteiger partial charge in [-0.15, -0.1) is 0 Å². The maximum Gasteiger partial charge on any atom is 0.346 e. The third-order valence-corrected chi connectivity index (χ3v) is 9.10. The molecule has 0 aliphatic carbocycles. The largest absolute Gasteiger partial charge is 0.346 e. The molecule has 6 aromatic rings. The third-order valence-electron chi connectivity index (χ3n) is 8.02. The highest BCUT2D eigenvalue weighted by Crippen LogP contribution is 2.56. The van der Waals surface area contributed by atoms with E-state index >= 15 is 0 Å². The lowest BCUT2D eigenvalue weighted by Crippen LogP contribution is -2.57. The Balaban J connectivity index is 1.65. The molecule has 5 heterocycles. The van der Waals surface area contributed by atoms with Crippen LogP contribution in [0.3, 0.4) is 0 Å². The van der Waals surface area contributed by atoms with Crippen molar-refractivity contribution in [3.63, 3.8) is 0 Å². The molecule has 3 aliphatic heterocycles. The van der Waals surface area contributed by atoms with Crippen LogP contribution < -0.4 is 9.13 Å². The van der Waals surface area contributed by atoms with E-state index in [1.807, 2.05) is 11.8 Å². The second-order valence-electron chi connectivity index (χ2n) is 9.48. The number of pyridine rings is 1. The fourth-order valence-electron chi connectivity index (χ4n) is 6.88. The first kappa shape index (κ1) is 17.6.